The molecule has 1 fully saturated rings. The third-order valence-corrected chi connectivity index (χ3v) is 7.58. The number of fused-ring (bicyclic) bond motifs is 1. The van der Waals surface area contributed by atoms with E-state index in [1.165, 1.54) is 16.7 Å². The van der Waals surface area contributed by atoms with Gasteiger partial charge in [0, 0.05) is 31.8 Å². The van der Waals surface area contributed by atoms with E-state index in [0.29, 0.717) is 11.8 Å². The molecule has 6 atom stereocenters. The number of nitrogens with zero attached hydrogens (tertiary/aromatic N) is 2. The number of hydrogen-bond donors (Lipinski definition) is 6. The molecule has 1 aliphatic carbocycles. The summed E-state index contributed by atoms with van der Waals surface area (Å²) in [5.74, 6) is -2.34. The largest absolute Gasteiger partial charge is 0.479 e. The lowest BCUT2D eigenvalue weighted by molar-refractivity contribution is -0.165. The van der Waals surface area contributed by atoms with E-state index in [1.807, 2.05) is 6.07 Å². The van der Waals surface area contributed by atoms with Crippen molar-refractivity contribution in [3.8, 4) is 0 Å². The summed E-state index contributed by atoms with van der Waals surface area (Å²) in [6, 6.07) is 12.7. The van der Waals surface area contributed by atoms with Gasteiger partial charge in [-0.3, -0.25) is 4.98 Å². The first kappa shape index (κ1) is 29.7. The summed E-state index contributed by atoms with van der Waals surface area (Å²) in [6.07, 6.45) is 0.756. The van der Waals surface area contributed by atoms with Crippen molar-refractivity contribution in [2.45, 2.75) is 56.8 Å². The van der Waals surface area contributed by atoms with E-state index in [0.717, 1.165) is 51.0 Å². The highest BCUT2D eigenvalue weighted by atomic mass is 16.4. The minimum Gasteiger partial charge on any atom is -0.479 e. The van der Waals surface area contributed by atoms with Crippen molar-refractivity contribution < 1.29 is 40.2 Å². The van der Waals surface area contributed by atoms with Crippen LogP contribution in [0.15, 0.2) is 42.6 Å². The van der Waals surface area contributed by atoms with Gasteiger partial charge >= 0.3 is 11.9 Å². The molecule has 0 radical (unpaired) electrons. The fourth-order valence-electron chi connectivity index (χ4n) is 5.54. The maximum Gasteiger partial charge on any atom is 0.335 e. The number of carboxylic acid groups (broad SMARTS) is 2. The van der Waals surface area contributed by atoms with Gasteiger partial charge in [0.15, 0.2) is 12.2 Å². The molecule has 208 valence electrons. The zero-order chi connectivity index (χ0) is 27.8. The fraction of sp³-hybridized carbons (Fsp3) is 0.536. The van der Waals surface area contributed by atoms with E-state index in [-0.39, 0.29) is 12.5 Å². The summed E-state index contributed by atoms with van der Waals surface area (Å²) in [5.41, 5.74) is 4.80. The molecule has 1 aromatic heterocycles. The number of piperidine rings is 1. The number of aliphatic hydroxyl groups is 4. The van der Waals surface area contributed by atoms with Crippen LogP contribution in [-0.2, 0) is 16.0 Å². The van der Waals surface area contributed by atoms with Gasteiger partial charge in [-0.2, -0.15) is 0 Å². The smallest absolute Gasteiger partial charge is 0.335 e. The van der Waals surface area contributed by atoms with Crippen molar-refractivity contribution in [1.29, 1.82) is 0 Å². The summed E-state index contributed by atoms with van der Waals surface area (Å²) in [6.45, 7) is 5.41. The number of pyridine rings is 1. The monoisotopic (exact) mass is 530 g/mol. The molecule has 1 saturated heterocycles. The minimum absolute atomic E-state index is 0.234. The normalized spacial score (nSPS) is 25.2. The average molecular weight is 531 g/mol. The fourth-order valence-corrected chi connectivity index (χ4v) is 5.54. The number of aliphatic hydroxyl groups excluding tert-OH is 4. The van der Waals surface area contributed by atoms with Crippen LogP contribution in [-0.4, -0.2) is 90.9 Å². The Bertz CT molecular complexity index is 1060. The lowest BCUT2D eigenvalue weighted by Crippen LogP contribution is -2.43. The summed E-state index contributed by atoms with van der Waals surface area (Å²) >= 11 is 0. The van der Waals surface area contributed by atoms with Crippen LogP contribution >= 0.6 is 0 Å². The Kier molecular flexibility index (Phi) is 10.7. The standard InChI is InChI=1S/C24H32N2O2.C4H6O6/c1-17-5-2-3-7-21(17)22-10-12-26(15-20(22)16-27)14-18-8-9-19-6-4-11-25-24(19)23(28)13-18;5-1(3(7)8)2(6)4(9)10/h2-7,11,18,20,22-23,27-28H,8-10,12-16H2,1H3;1-2,5-6H,(H,7,8)(H,9,10)/t18-,20?,22?,23+;1-,2-/m11/s1. The Morgan fingerprint density at radius 2 is 1.74 bits per heavy atom. The number of rotatable bonds is 7. The number of hydrogen-bond acceptors (Lipinski definition) is 8. The van der Waals surface area contributed by atoms with E-state index in [1.54, 1.807) is 6.20 Å². The molecule has 1 aliphatic heterocycles. The summed E-state index contributed by atoms with van der Waals surface area (Å²) in [4.78, 5) is 26.5. The van der Waals surface area contributed by atoms with E-state index in [2.05, 4.69) is 47.1 Å². The van der Waals surface area contributed by atoms with E-state index in [4.69, 9.17) is 20.4 Å². The molecular weight excluding hydrogens is 492 g/mol. The van der Waals surface area contributed by atoms with Crippen molar-refractivity contribution in [1.82, 2.24) is 9.88 Å². The van der Waals surface area contributed by atoms with Gasteiger partial charge in [-0.1, -0.05) is 30.3 Å². The number of aromatic nitrogens is 1. The first-order chi connectivity index (χ1) is 18.1. The van der Waals surface area contributed by atoms with E-state index < -0.39 is 30.3 Å². The molecule has 10 heteroatoms. The van der Waals surface area contributed by atoms with Crippen molar-refractivity contribution in [2.24, 2.45) is 11.8 Å². The van der Waals surface area contributed by atoms with Crippen LogP contribution in [0.4, 0.5) is 0 Å². The third kappa shape index (κ3) is 7.58. The van der Waals surface area contributed by atoms with Crippen LogP contribution < -0.4 is 0 Å². The average Bonchev–Trinajstić information content (AvgIpc) is 3.06. The summed E-state index contributed by atoms with van der Waals surface area (Å²) in [7, 11) is 0. The van der Waals surface area contributed by atoms with Crippen LogP contribution in [0, 0.1) is 18.8 Å². The van der Waals surface area contributed by atoms with E-state index >= 15 is 0 Å². The Balaban J connectivity index is 0.000000342. The molecule has 0 saturated carbocycles. The van der Waals surface area contributed by atoms with Gasteiger partial charge in [0.1, 0.15) is 0 Å². The van der Waals surface area contributed by atoms with Crippen LogP contribution in [0.1, 0.15) is 53.7 Å². The van der Waals surface area contributed by atoms with Crippen LogP contribution in [0.25, 0.3) is 0 Å². The topological polar surface area (TPSA) is 172 Å². The van der Waals surface area contributed by atoms with Gasteiger partial charge in [-0.25, -0.2) is 9.59 Å². The number of aryl methyl sites for hydroxylation is 2. The molecule has 2 aliphatic rings. The predicted octanol–water partition coefficient (Wildman–Crippen LogP) is 1.35. The Labute approximate surface area is 222 Å². The lowest BCUT2D eigenvalue weighted by atomic mass is 9.79. The first-order valence-electron chi connectivity index (χ1n) is 12.9. The number of benzene rings is 1. The number of carboxylic acids is 2. The van der Waals surface area contributed by atoms with Crippen molar-refractivity contribution in [2.75, 3.05) is 26.2 Å². The highest BCUT2D eigenvalue weighted by Gasteiger charge is 2.33. The lowest BCUT2D eigenvalue weighted by Gasteiger charge is -2.40. The van der Waals surface area contributed by atoms with Gasteiger partial charge in [0.2, 0.25) is 0 Å². The predicted molar refractivity (Wildman–Crippen MR) is 138 cm³/mol. The van der Waals surface area contributed by atoms with Gasteiger partial charge < -0.3 is 35.5 Å². The molecule has 0 bridgehead atoms. The van der Waals surface area contributed by atoms with Gasteiger partial charge in [-0.15, -0.1) is 0 Å². The van der Waals surface area contributed by atoms with Crippen molar-refractivity contribution in [3.05, 3.63) is 65.0 Å². The molecule has 0 amide bonds. The Hall–Kier alpha value is -2.89. The highest BCUT2D eigenvalue weighted by Crippen LogP contribution is 2.36. The number of aliphatic carboxylic acids is 2. The van der Waals surface area contributed by atoms with Crippen LogP contribution in [0.3, 0.4) is 0 Å². The molecule has 38 heavy (non-hydrogen) atoms. The van der Waals surface area contributed by atoms with Crippen LogP contribution in [0.2, 0.25) is 0 Å². The molecule has 6 N–H and O–H groups in total. The molecular formula is C28H38N2O8. The quantitative estimate of drug-likeness (QED) is 0.287. The summed E-state index contributed by atoms with van der Waals surface area (Å²) < 4.78 is 0. The number of likely N-dealkylation sites (tertiary alicyclic amines) is 1. The highest BCUT2D eigenvalue weighted by molar-refractivity contribution is 5.83. The molecule has 2 heterocycles. The SMILES string of the molecule is Cc1ccccc1C1CCN(C[C@@H]2CCc3cccnc3[C@@H](O)C2)CC1CO.O=C(O)[C@H](O)[C@@H](O)C(=O)O. The second-order valence-electron chi connectivity index (χ2n) is 10.2. The second kappa shape index (κ2) is 13.8. The van der Waals surface area contributed by atoms with Crippen LogP contribution in [0.5, 0.6) is 0 Å². The maximum atomic E-state index is 10.6. The van der Waals surface area contributed by atoms with Gasteiger partial charge in [0.25, 0.3) is 0 Å². The molecule has 0 spiro atoms. The van der Waals surface area contributed by atoms with E-state index in [9.17, 15) is 19.8 Å². The Morgan fingerprint density at radius 3 is 2.37 bits per heavy atom. The van der Waals surface area contributed by atoms with Gasteiger partial charge in [-0.05, 0) is 73.7 Å². The van der Waals surface area contributed by atoms with Crippen molar-refractivity contribution in [3.63, 3.8) is 0 Å². The minimum atomic E-state index is -2.27. The molecule has 2 aromatic rings. The molecule has 4 rings (SSSR count). The maximum absolute atomic E-state index is 10.6. The zero-order valence-corrected chi connectivity index (χ0v) is 21.6. The summed E-state index contributed by atoms with van der Waals surface area (Å²) in [5, 5.41) is 53.2. The van der Waals surface area contributed by atoms with Crippen molar-refractivity contribution >= 4 is 11.9 Å². The third-order valence-electron chi connectivity index (χ3n) is 7.58. The van der Waals surface area contributed by atoms with Gasteiger partial charge in [0.05, 0.1) is 11.8 Å². The first-order valence-corrected chi connectivity index (χ1v) is 12.9. The second-order valence-corrected chi connectivity index (χ2v) is 10.2. The molecule has 10 nitrogen and oxygen atoms in total. The molecule has 1 aromatic carbocycles. The Morgan fingerprint density at radius 1 is 1.05 bits per heavy atom. The molecule has 2 unspecified atom stereocenters. The number of carbonyl (C=O) groups is 2. The zero-order valence-electron chi connectivity index (χ0n) is 21.6.